The minimum atomic E-state index is -0.395. The van der Waals surface area contributed by atoms with E-state index in [1.165, 1.54) is 0 Å². The molecule has 4 heteroatoms. The van der Waals surface area contributed by atoms with Crippen LogP contribution in [-0.4, -0.2) is 12.2 Å². The molecular weight excluding hydrogens is 304 g/mol. The average Bonchev–Trinajstić information content (AvgIpc) is 2.55. The van der Waals surface area contributed by atoms with Gasteiger partial charge in [-0.1, -0.05) is 29.8 Å². The Morgan fingerprint density at radius 2 is 1.87 bits per heavy atom. The van der Waals surface area contributed by atoms with Crippen LogP contribution in [0.15, 0.2) is 52.9 Å². The minimum absolute atomic E-state index is 0.0851. The number of thioether (sulfide) groups is 1. The molecule has 3 nitrogen and oxygen atoms in total. The SMILES string of the molecule is CSc1ccc(/C=C(/C#N)C(=O)Nc2ccc(C)cc2C)cc1. The van der Waals surface area contributed by atoms with Gasteiger partial charge in [0.15, 0.2) is 0 Å². The van der Waals surface area contributed by atoms with E-state index in [1.54, 1.807) is 17.8 Å². The highest BCUT2D eigenvalue weighted by molar-refractivity contribution is 7.98. The Morgan fingerprint density at radius 1 is 1.17 bits per heavy atom. The number of carbonyl (C=O) groups is 1. The standard InChI is InChI=1S/C19H18N2OS/c1-13-4-9-18(14(2)10-13)21-19(22)16(12-20)11-15-5-7-17(23-3)8-6-15/h4-11H,1-3H3,(H,21,22)/b16-11-. The number of benzene rings is 2. The second kappa shape index (κ2) is 7.66. The normalized spacial score (nSPS) is 11.0. The molecule has 2 aromatic carbocycles. The molecule has 0 aliphatic carbocycles. The summed E-state index contributed by atoms with van der Waals surface area (Å²) in [5, 5.41) is 12.1. The molecule has 1 amide bonds. The molecular formula is C19H18N2OS. The summed E-state index contributed by atoms with van der Waals surface area (Å²) >= 11 is 1.65. The zero-order chi connectivity index (χ0) is 16.8. The van der Waals surface area contributed by atoms with Gasteiger partial charge in [0.25, 0.3) is 5.91 Å². The van der Waals surface area contributed by atoms with Crippen LogP contribution in [-0.2, 0) is 4.79 Å². The number of rotatable bonds is 4. The lowest BCUT2D eigenvalue weighted by Gasteiger charge is -2.08. The molecule has 0 radical (unpaired) electrons. The Hall–Kier alpha value is -2.51. The van der Waals surface area contributed by atoms with E-state index >= 15 is 0 Å². The van der Waals surface area contributed by atoms with Crippen LogP contribution in [0.1, 0.15) is 16.7 Å². The van der Waals surface area contributed by atoms with E-state index in [0.29, 0.717) is 0 Å². The maximum absolute atomic E-state index is 12.3. The number of nitriles is 1. The van der Waals surface area contributed by atoms with Gasteiger partial charge in [0.1, 0.15) is 11.6 Å². The van der Waals surface area contributed by atoms with Gasteiger partial charge in [-0.3, -0.25) is 4.79 Å². The van der Waals surface area contributed by atoms with Gasteiger partial charge in [0, 0.05) is 10.6 Å². The van der Waals surface area contributed by atoms with E-state index < -0.39 is 5.91 Å². The third-order valence-electron chi connectivity index (χ3n) is 3.42. The van der Waals surface area contributed by atoms with Crippen molar-refractivity contribution in [3.8, 4) is 6.07 Å². The van der Waals surface area contributed by atoms with Gasteiger partial charge in [-0.15, -0.1) is 11.8 Å². The molecule has 1 N–H and O–H groups in total. The summed E-state index contributed by atoms with van der Waals surface area (Å²) < 4.78 is 0. The number of carbonyl (C=O) groups excluding carboxylic acids is 1. The zero-order valence-corrected chi connectivity index (χ0v) is 14.2. The Balaban J connectivity index is 2.20. The molecule has 2 rings (SSSR count). The molecule has 0 aliphatic rings. The van der Waals surface area contributed by atoms with Crippen molar-refractivity contribution in [1.82, 2.24) is 0 Å². The lowest BCUT2D eigenvalue weighted by Crippen LogP contribution is -2.14. The average molecular weight is 322 g/mol. The minimum Gasteiger partial charge on any atom is -0.321 e. The molecule has 0 spiro atoms. The van der Waals surface area contributed by atoms with Crippen molar-refractivity contribution < 1.29 is 4.79 Å². The fourth-order valence-corrected chi connectivity index (χ4v) is 2.57. The lowest BCUT2D eigenvalue weighted by molar-refractivity contribution is -0.112. The Kier molecular flexibility index (Phi) is 5.61. The smallest absolute Gasteiger partial charge is 0.266 e. The third kappa shape index (κ3) is 4.48. The fourth-order valence-electron chi connectivity index (χ4n) is 2.16. The van der Waals surface area contributed by atoms with E-state index in [9.17, 15) is 10.1 Å². The van der Waals surface area contributed by atoms with Gasteiger partial charge in [-0.05, 0) is 55.5 Å². The molecule has 0 fully saturated rings. The number of hydrogen-bond acceptors (Lipinski definition) is 3. The quantitative estimate of drug-likeness (QED) is 0.509. The summed E-state index contributed by atoms with van der Waals surface area (Å²) in [5.74, 6) is -0.395. The monoisotopic (exact) mass is 322 g/mol. The third-order valence-corrected chi connectivity index (χ3v) is 4.17. The van der Waals surface area contributed by atoms with Crippen molar-refractivity contribution in [3.05, 3.63) is 64.7 Å². The van der Waals surface area contributed by atoms with Gasteiger partial charge >= 0.3 is 0 Å². The van der Waals surface area contributed by atoms with E-state index in [4.69, 9.17) is 0 Å². The van der Waals surface area contributed by atoms with Gasteiger partial charge in [-0.25, -0.2) is 0 Å². The molecule has 0 atom stereocenters. The van der Waals surface area contributed by atoms with Crippen LogP contribution < -0.4 is 5.32 Å². The highest BCUT2D eigenvalue weighted by Gasteiger charge is 2.10. The maximum atomic E-state index is 12.3. The van der Waals surface area contributed by atoms with Crippen LogP contribution >= 0.6 is 11.8 Å². The first-order valence-corrected chi connectivity index (χ1v) is 8.40. The van der Waals surface area contributed by atoms with E-state index in [0.717, 1.165) is 27.3 Å². The first-order chi connectivity index (χ1) is 11.0. The Labute approximate surface area is 141 Å². The number of aryl methyl sites for hydroxylation is 2. The number of nitrogens with one attached hydrogen (secondary N) is 1. The molecule has 0 aromatic heterocycles. The van der Waals surface area contributed by atoms with E-state index in [2.05, 4.69) is 5.32 Å². The summed E-state index contributed by atoms with van der Waals surface area (Å²) in [4.78, 5) is 13.4. The molecule has 0 heterocycles. The highest BCUT2D eigenvalue weighted by atomic mass is 32.2. The topological polar surface area (TPSA) is 52.9 Å². The summed E-state index contributed by atoms with van der Waals surface area (Å²) in [6.45, 7) is 3.93. The molecule has 116 valence electrons. The maximum Gasteiger partial charge on any atom is 0.266 e. The number of hydrogen-bond donors (Lipinski definition) is 1. The second-order valence-corrected chi connectivity index (χ2v) is 6.10. The Bertz CT molecular complexity index is 786. The molecule has 2 aromatic rings. The van der Waals surface area contributed by atoms with Crippen molar-refractivity contribution in [1.29, 1.82) is 5.26 Å². The van der Waals surface area contributed by atoms with Crippen molar-refractivity contribution in [2.75, 3.05) is 11.6 Å². The van der Waals surface area contributed by atoms with E-state index in [-0.39, 0.29) is 5.57 Å². The van der Waals surface area contributed by atoms with Gasteiger partial charge in [0.2, 0.25) is 0 Å². The summed E-state index contributed by atoms with van der Waals surface area (Å²) in [6.07, 6.45) is 3.60. The summed E-state index contributed by atoms with van der Waals surface area (Å²) in [5.41, 5.74) is 3.74. The first kappa shape index (κ1) is 16.9. The molecule has 0 unspecified atom stereocenters. The molecule has 0 aliphatic heterocycles. The number of nitrogens with zero attached hydrogens (tertiary/aromatic N) is 1. The van der Waals surface area contributed by atoms with Crippen LogP contribution in [0.3, 0.4) is 0 Å². The number of amides is 1. The van der Waals surface area contributed by atoms with Gasteiger partial charge in [0.05, 0.1) is 0 Å². The molecule has 0 bridgehead atoms. The predicted octanol–water partition coefficient (Wildman–Crippen LogP) is 4.57. The van der Waals surface area contributed by atoms with Gasteiger partial charge < -0.3 is 5.32 Å². The lowest BCUT2D eigenvalue weighted by atomic mass is 10.1. The largest absolute Gasteiger partial charge is 0.321 e. The highest BCUT2D eigenvalue weighted by Crippen LogP contribution is 2.19. The van der Waals surface area contributed by atoms with Crippen LogP contribution in [0.5, 0.6) is 0 Å². The predicted molar refractivity (Wildman–Crippen MR) is 96.4 cm³/mol. The Morgan fingerprint density at radius 3 is 2.43 bits per heavy atom. The van der Waals surface area contributed by atoms with Crippen LogP contribution in [0.2, 0.25) is 0 Å². The van der Waals surface area contributed by atoms with Crippen molar-refractivity contribution >= 4 is 29.4 Å². The zero-order valence-electron chi connectivity index (χ0n) is 13.4. The summed E-state index contributed by atoms with van der Waals surface area (Å²) in [7, 11) is 0. The van der Waals surface area contributed by atoms with E-state index in [1.807, 2.05) is 68.6 Å². The number of anilines is 1. The second-order valence-electron chi connectivity index (χ2n) is 5.22. The fraction of sp³-hybridized carbons (Fsp3) is 0.158. The van der Waals surface area contributed by atoms with Crippen LogP contribution in [0.25, 0.3) is 6.08 Å². The molecule has 0 saturated carbocycles. The first-order valence-electron chi connectivity index (χ1n) is 7.18. The molecule has 23 heavy (non-hydrogen) atoms. The van der Waals surface area contributed by atoms with Crippen molar-refractivity contribution in [3.63, 3.8) is 0 Å². The molecule has 0 saturated heterocycles. The van der Waals surface area contributed by atoms with Crippen molar-refractivity contribution in [2.45, 2.75) is 18.7 Å². The van der Waals surface area contributed by atoms with Crippen LogP contribution in [0, 0.1) is 25.2 Å². The van der Waals surface area contributed by atoms with Crippen LogP contribution in [0.4, 0.5) is 5.69 Å². The van der Waals surface area contributed by atoms with Gasteiger partial charge in [-0.2, -0.15) is 5.26 Å². The van der Waals surface area contributed by atoms with Crippen molar-refractivity contribution in [2.24, 2.45) is 0 Å². The summed E-state index contributed by atoms with van der Waals surface area (Å²) in [6, 6.07) is 15.5.